The minimum atomic E-state index is 0.236. The van der Waals surface area contributed by atoms with Gasteiger partial charge in [0.25, 0.3) is 0 Å². The summed E-state index contributed by atoms with van der Waals surface area (Å²) in [5.74, 6) is 0. The molecule has 2 nitrogen and oxygen atoms in total. The highest BCUT2D eigenvalue weighted by atomic mass is 35.5. The van der Waals surface area contributed by atoms with E-state index in [1.165, 1.54) is 33.3 Å². The topological polar surface area (TPSA) is 27.8 Å². The number of nitrogens with one attached hydrogen (secondary N) is 2. The molecule has 0 aliphatic carbocycles. The summed E-state index contributed by atoms with van der Waals surface area (Å²) in [6, 6.07) is 15.0. The average Bonchev–Trinajstić information content (AvgIpc) is 2.85. The molecular weight excluding hydrogens is 280 g/mol. The van der Waals surface area contributed by atoms with E-state index in [4.69, 9.17) is 11.6 Å². The van der Waals surface area contributed by atoms with E-state index in [0.29, 0.717) is 0 Å². The minimum absolute atomic E-state index is 0.236. The van der Waals surface area contributed by atoms with Gasteiger partial charge in [-0.05, 0) is 42.7 Å². The van der Waals surface area contributed by atoms with E-state index in [1.807, 2.05) is 6.07 Å². The third-order valence-corrected chi connectivity index (χ3v) is 4.52. The van der Waals surface area contributed by atoms with Crippen molar-refractivity contribution >= 4 is 22.5 Å². The monoisotopic (exact) mass is 296 g/mol. The first kappa shape index (κ1) is 12.9. The molecule has 0 amide bonds. The first-order valence-corrected chi connectivity index (χ1v) is 7.70. The van der Waals surface area contributed by atoms with Gasteiger partial charge < -0.3 is 10.3 Å². The Morgan fingerprint density at radius 3 is 2.90 bits per heavy atom. The molecule has 2 aromatic carbocycles. The summed E-state index contributed by atoms with van der Waals surface area (Å²) in [7, 11) is 0. The summed E-state index contributed by atoms with van der Waals surface area (Å²) >= 11 is 6.16. The fraction of sp³-hybridized carbons (Fsp3) is 0.222. The molecule has 106 valence electrons. The standard InChI is InChI=1S/C18H17ClN2/c1-11-3-2-4-12(9-11)17-18-14(7-8-20-17)15-10-13(19)5-6-16(15)21-18/h2-6,9-10,17,20-21H,7-8H2,1H3. The van der Waals surface area contributed by atoms with Gasteiger partial charge in [0.15, 0.2) is 0 Å². The fourth-order valence-corrected chi connectivity index (χ4v) is 3.51. The lowest BCUT2D eigenvalue weighted by Crippen LogP contribution is -2.30. The second-order valence-corrected chi connectivity index (χ2v) is 6.19. The summed E-state index contributed by atoms with van der Waals surface area (Å²) in [6.07, 6.45) is 1.04. The van der Waals surface area contributed by atoms with Crippen LogP contribution in [0.15, 0.2) is 42.5 Å². The molecule has 2 heterocycles. The molecule has 4 rings (SSSR count). The summed E-state index contributed by atoms with van der Waals surface area (Å²) < 4.78 is 0. The van der Waals surface area contributed by atoms with E-state index < -0.39 is 0 Å². The Morgan fingerprint density at radius 1 is 1.14 bits per heavy atom. The molecule has 1 aliphatic heterocycles. The molecule has 1 unspecified atom stereocenters. The van der Waals surface area contributed by atoms with Gasteiger partial charge in [-0.2, -0.15) is 0 Å². The molecule has 1 atom stereocenters. The maximum absolute atomic E-state index is 6.16. The third-order valence-electron chi connectivity index (χ3n) is 4.29. The van der Waals surface area contributed by atoms with Crippen molar-refractivity contribution in [1.29, 1.82) is 0 Å². The van der Waals surface area contributed by atoms with Crippen LogP contribution in [0, 0.1) is 6.92 Å². The number of aromatic amines is 1. The van der Waals surface area contributed by atoms with Crippen LogP contribution in [0.1, 0.15) is 28.4 Å². The molecule has 1 aromatic heterocycles. The van der Waals surface area contributed by atoms with Crippen LogP contribution in [0.3, 0.4) is 0 Å². The number of H-pyrrole nitrogens is 1. The van der Waals surface area contributed by atoms with Gasteiger partial charge >= 0.3 is 0 Å². The SMILES string of the molecule is Cc1cccc(C2NCCc3c2[nH]c2ccc(Cl)cc32)c1. The van der Waals surface area contributed by atoms with Crippen molar-refractivity contribution in [3.05, 3.63) is 69.9 Å². The van der Waals surface area contributed by atoms with Crippen LogP contribution in [0.5, 0.6) is 0 Å². The Labute approximate surface area is 129 Å². The number of benzene rings is 2. The van der Waals surface area contributed by atoms with Crippen LogP contribution in [-0.4, -0.2) is 11.5 Å². The van der Waals surface area contributed by atoms with E-state index in [9.17, 15) is 0 Å². The molecule has 3 heteroatoms. The van der Waals surface area contributed by atoms with Gasteiger partial charge in [0.2, 0.25) is 0 Å². The van der Waals surface area contributed by atoms with Gasteiger partial charge in [-0.25, -0.2) is 0 Å². The van der Waals surface area contributed by atoms with Crippen molar-refractivity contribution in [1.82, 2.24) is 10.3 Å². The maximum atomic E-state index is 6.16. The minimum Gasteiger partial charge on any atom is -0.357 e. The van der Waals surface area contributed by atoms with E-state index in [1.54, 1.807) is 0 Å². The zero-order valence-electron chi connectivity index (χ0n) is 11.9. The Hall–Kier alpha value is -1.77. The molecule has 1 aliphatic rings. The average molecular weight is 297 g/mol. The lowest BCUT2D eigenvalue weighted by Gasteiger charge is -2.25. The number of halogens is 1. The number of hydrogen-bond acceptors (Lipinski definition) is 1. The predicted octanol–water partition coefficient (Wildman–Crippen LogP) is 4.36. The number of aryl methyl sites for hydroxylation is 1. The highest BCUT2D eigenvalue weighted by molar-refractivity contribution is 6.31. The molecule has 0 radical (unpaired) electrons. The summed E-state index contributed by atoms with van der Waals surface area (Å²) in [4.78, 5) is 3.59. The zero-order valence-corrected chi connectivity index (χ0v) is 12.7. The molecule has 0 spiro atoms. The number of rotatable bonds is 1. The van der Waals surface area contributed by atoms with Crippen LogP contribution < -0.4 is 5.32 Å². The van der Waals surface area contributed by atoms with Gasteiger partial charge in [-0.1, -0.05) is 41.4 Å². The first-order valence-electron chi connectivity index (χ1n) is 7.32. The largest absolute Gasteiger partial charge is 0.357 e. The fourth-order valence-electron chi connectivity index (χ4n) is 3.33. The summed E-state index contributed by atoms with van der Waals surface area (Å²) in [5.41, 5.74) is 6.46. The molecule has 21 heavy (non-hydrogen) atoms. The summed E-state index contributed by atoms with van der Waals surface area (Å²) in [5, 5.41) is 5.69. The first-order chi connectivity index (χ1) is 10.2. The molecule has 0 saturated carbocycles. The van der Waals surface area contributed by atoms with Crippen molar-refractivity contribution in [2.45, 2.75) is 19.4 Å². The highest BCUT2D eigenvalue weighted by Crippen LogP contribution is 2.34. The Kier molecular flexibility index (Phi) is 3.02. The van der Waals surface area contributed by atoms with Crippen molar-refractivity contribution in [2.24, 2.45) is 0 Å². The van der Waals surface area contributed by atoms with Crippen LogP contribution in [0.25, 0.3) is 10.9 Å². The third kappa shape index (κ3) is 2.15. The van der Waals surface area contributed by atoms with E-state index in [0.717, 1.165) is 18.0 Å². The van der Waals surface area contributed by atoms with E-state index in [-0.39, 0.29) is 6.04 Å². The maximum Gasteiger partial charge on any atom is 0.0732 e. The van der Waals surface area contributed by atoms with Crippen molar-refractivity contribution in [3.8, 4) is 0 Å². The smallest absolute Gasteiger partial charge is 0.0732 e. The molecule has 3 aromatic rings. The van der Waals surface area contributed by atoms with Crippen LogP contribution in [-0.2, 0) is 6.42 Å². The molecule has 0 bridgehead atoms. The molecule has 0 fully saturated rings. The Bertz CT molecular complexity index is 819. The van der Waals surface area contributed by atoms with Gasteiger partial charge in [-0.3, -0.25) is 0 Å². The lowest BCUT2D eigenvalue weighted by molar-refractivity contribution is 0.560. The van der Waals surface area contributed by atoms with Crippen molar-refractivity contribution in [2.75, 3.05) is 6.54 Å². The quantitative estimate of drug-likeness (QED) is 0.686. The van der Waals surface area contributed by atoms with Crippen LogP contribution in [0.4, 0.5) is 0 Å². The Balaban J connectivity index is 1.90. The van der Waals surface area contributed by atoms with Gasteiger partial charge in [0, 0.05) is 28.2 Å². The predicted molar refractivity (Wildman–Crippen MR) is 88.0 cm³/mol. The highest BCUT2D eigenvalue weighted by Gasteiger charge is 2.25. The number of hydrogen-bond donors (Lipinski definition) is 2. The van der Waals surface area contributed by atoms with Crippen LogP contribution >= 0.6 is 11.6 Å². The van der Waals surface area contributed by atoms with Gasteiger partial charge in [0.05, 0.1) is 6.04 Å². The van der Waals surface area contributed by atoms with Gasteiger partial charge in [0.1, 0.15) is 0 Å². The van der Waals surface area contributed by atoms with Crippen molar-refractivity contribution < 1.29 is 0 Å². The molecule has 0 saturated heterocycles. The van der Waals surface area contributed by atoms with Crippen LogP contribution in [0.2, 0.25) is 5.02 Å². The second-order valence-electron chi connectivity index (χ2n) is 5.76. The Morgan fingerprint density at radius 2 is 2.05 bits per heavy atom. The van der Waals surface area contributed by atoms with Gasteiger partial charge in [-0.15, -0.1) is 0 Å². The van der Waals surface area contributed by atoms with E-state index >= 15 is 0 Å². The normalized spacial score (nSPS) is 17.9. The molecular formula is C18H17ClN2. The number of fused-ring (bicyclic) bond motifs is 3. The lowest BCUT2D eigenvalue weighted by atomic mass is 9.94. The zero-order chi connectivity index (χ0) is 14.4. The van der Waals surface area contributed by atoms with E-state index in [2.05, 4.69) is 53.6 Å². The number of aromatic nitrogens is 1. The summed E-state index contributed by atoms with van der Waals surface area (Å²) in [6.45, 7) is 3.13. The van der Waals surface area contributed by atoms with Crippen molar-refractivity contribution in [3.63, 3.8) is 0 Å². The molecule has 2 N–H and O–H groups in total. The second kappa shape index (κ2) is 4.90.